The van der Waals surface area contributed by atoms with Crippen molar-refractivity contribution < 1.29 is 9.21 Å². The lowest BCUT2D eigenvalue weighted by atomic mass is 10.1. The summed E-state index contributed by atoms with van der Waals surface area (Å²) in [6.07, 6.45) is 0. The molecule has 0 radical (unpaired) electrons. The molecule has 4 rings (SSSR count). The zero-order valence-corrected chi connectivity index (χ0v) is 19.0. The summed E-state index contributed by atoms with van der Waals surface area (Å²) >= 11 is 17.1. The molecule has 0 saturated carbocycles. The van der Waals surface area contributed by atoms with Crippen molar-refractivity contribution in [3.05, 3.63) is 81.3 Å². The van der Waals surface area contributed by atoms with Crippen LogP contribution in [0.2, 0.25) is 10.0 Å². The van der Waals surface area contributed by atoms with Crippen LogP contribution in [0.4, 0.5) is 5.69 Å². The summed E-state index contributed by atoms with van der Waals surface area (Å²) in [7, 11) is 0. The quantitative estimate of drug-likeness (QED) is 0.333. The molecule has 0 unspecified atom stereocenters. The molecule has 0 aliphatic heterocycles. The van der Waals surface area contributed by atoms with E-state index in [4.69, 9.17) is 39.8 Å². The zero-order valence-electron chi connectivity index (χ0n) is 16.6. The number of halogens is 2. The third-order valence-electron chi connectivity index (χ3n) is 4.52. The highest BCUT2D eigenvalue weighted by Gasteiger charge is 2.12. The summed E-state index contributed by atoms with van der Waals surface area (Å²) < 4.78 is 5.90. The normalized spacial score (nSPS) is 10.8. The molecule has 1 amide bonds. The van der Waals surface area contributed by atoms with Gasteiger partial charge in [-0.1, -0.05) is 40.4 Å². The average Bonchev–Trinajstić information content (AvgIpc) is 3.12. The number of rotatable bonds is 3. The van der Waals surface area contributed by atoms with Gasteiger partial charge in [-0.15, -0.1) is 0 Å². The first-order valence-corrected chi connectivity index (χ1v) is 10.5. The lowest BCUT2D eigenvalue weighted by molar-refractivity contribution is 0.0977. The van der Waals surface area contributed by atoms with Crippen LogP contribution in [0.3, 0.4) is 0 Å². The molecule has 156 valence electrons. The van der Waals surface area contributed by atoms with Gasteiger partial charge in [-0.3, -0.25) is 10.1 Å². The highest BCUT2D eigenvalue weighted by Crippen LogP contribution is 2.27. The molecule has 0 aliphatic rings. The second-order valence-corrected chi connectivity index (χ2v) is 8.34. The number of oxazole rings is 1. The number of hydrogen-bond donors (Lipinski definition) is 2. The van der Waals surface area contributed by atoms with Crippen molar-refractivity contribution in [3.8, 4) is 11.5 Å². The zero-order chi connectivity index (χ0) is 22.1. The molecule has 1 heterocycles. The minimum atomic E-state index is -0.393. The Balaban J connectivity index is 1.50. The lowest BCUT2D eigenvalue weighted by Gasteiger charge is -2.10. The Morgan fingerprint density at radius 2 is 1.71 bits per heavy atom. The Morgan fingerprint density at radius 1 is 0.968 bits per heavy atom. The number of thiocarbonyl (C=S) groups is 1. The third-order valence-corrected chi connectivity index (χ3v) is 5.47. The fourth-order valence-corrected chi connectivity index (χ4v) is 3.71. The Kier molecular flexibility index (Phi) is 5.96. The molecule has 3 aromatic carbocycles. The van der Waals surface area contributed by atoms with Gasteiger partial charge in [0.15, 0.2) is 10.7 Å². The second kappa shape index (κ2) is 8.67. The molecular weight excluding hydrogens is 453 g/mol. The van der Waals surface area contributed by atoms with Crippen LogP contribution in [-0.4, -0.2) is 16.0 Å². The van der Waals surface area contributed by atoms with Gasteiger partial charge in [-0.2, -0.15) is 0 Å². The number of anilines is 1. The first-order valence-electron chi connectivity index (χ1n) is 9.35. The van der Waals surface area contributed by atoms with Gasteiger partial charge in [0.25, 0.3) is 5.91 Å². The molecule has 2 N–H and O–H groups in total. The third kappa shape index (κ3) is 4.88. The Bertz CT molecular complexity index is 1310. The summed E-state index contributed by atoms with van der Waals surface area (Å²) in [6, 6.07) is 16.2. The molecule has 5 nitrogen and oxygen atoms in total. The van der Waals surface area contributed by atoms with E-state index in [1.807, 2.05) is 32.0 Å². The van der Waals surface area contributed by atoms with Crippen molar-refractivity contribution in [3.63, 3.8) is 0 Å². The van der Waals surface area contributed by atoms with Crippen molar-refractivity contribution in [1.29, 1.82) is 0 Å². The Morgan fingerprint density at radius 3 is 2.42 bits per heavy atom. The van der Waals surface area contributed by atoms with Crippen LogP contribution in [0, 0.1) is 13.8 Å². The summed E-state index contributed by atoms with van der Waals surface area (Å²) in [4.78, 5) is 17.0. The van der Waals surface area contributed by atoms with Gasteiger partial charge in [-0.25, -0.2) is 4.98 Å². The first kappa shape index (κ1) is 21.3. The summed E-state index contributed by atoms with van der Waals surface area (Å²) in [5.41, 5.74) is 5.57. The van der Waals surface area contributed by atoms with E-state index in [1.54, 1.807) is 24.3 Å². The van der Waals surface area contributed by atoms with Crippen molar-refractivity contribution in [2.45, 2.75) is 13.8 Å². The van der Waals surface area contributed by atoms with Crippen LogP contribution < -0.4 is 10.6 Å². The number of carbonyl (C=O) groups is 1. The number of aryl methyl sites for hydroxylation is 2. The van der Waals surface area contributed by atoms with E-state index in [-0.39, 0.29) is 5.11 Å². The lowest BCUT2D eigenvalue weighted by Crippen LogP contribution is -2.34. The van der Waals surface area contributed by atoms with Crippen LogP contribution in [0.25, 0.3) is 22.6 Å². The fraction of sp³-hybridized carbons (Fsp3) is 0.0870. The smallest absolute Gasteiger partial charge is 0.257 e. The maximum absolute atomic E-state index is 12.4. The predicted molar refractivity (Wildman–Crippen MR) is 129 cm³/mol. The molecule has 8 heteroatoms. The fourth-order valence-electron chi connectivity index (χ4n) is 3.20. The molecule has 0 fully saturated rings. The number of carbonyl (C=O) groups excluding carboxylic acids is 1. The van der Waals surface area contributed by atoms with Gasteiger partial charge in [-0.05, 0) is 74.6 Å². The van der Waals surface area contributed by atoms with Gasteiger partial charge in [0.2, 0.25) is 5.89 Å². The van der Waals surface area contributed by atoms with E-state index < -0.39 is 5.91 Å². The maximum Gasteiger partial charge on any atom is 0.257 e. The van der Waals surface area contributed by atoms with E-state index in [0.717, 1.165) is 16.7 Å². The molecule has 31 heavy (non-hydrogen) atoms. The van der Waals surface area contributed by atoms with E-state index in [2.05, 4.69) is 21.7 Å². The predicted octanol–water partition coefficient (Wildman–Crippen LogP) is 6.55. The molecule has 0 bridgehead atoms. The highest BCUT2D eigenvalue weighted by atomic mass is 35.5. The maximum atomic E-state index is 12.4. The van der Waals surface area contributed by atoms with Gasteiger partial charge in [0.1, 0.15) is 5.52 Å². The van der Waals surface area contributed by atoms with Crippen molar-refractivity contribution in [2.75, 3.05) is 5.32 Å². The van der Waals surface area contributed by atoms with E-state index in [9.17, 15) is 4.79 Å². The van der Waals surface area contributed by atoms with Crippen LogP contribution in [0.5, 0.6) is 0 Å². The minimum Gasteiger partial charge on any atom is -0.436 e. The monoisotopic (exact) mass is 469 g/mol. The summed E-state index contributed by atoms with van der Waals surface area (Å²) in [5, 5.41) is 6.42. The van der Waals surface area contributed by atoms with Crippen LogP contribution in [0.1, 0.15) is 21.5 Å². The molecule has 0 atom stereocenters. The van der Waals surface area contributed by atoms with Gasteiger partial charge in [0, 0.05) is 16.8 Å². The molecule has 4 aromatic rings. The van der Waals surface area contributed by atoms with E-state index in [1.165, 1.54) is 6.07 Å². The molecule has 1 aromatic heterocycles. The second-order valence-electron chi connectivity index (χ2n) is 7.12. The number of amides is 1. The van der Waals surface area contributed by atoms with Crippen LogP contribution in [0.15, 0.2) is 59.0 Å². The number of nitrogens with one attached hydrogen (secondary N) is 2. The highest BCUT2D eigenvalue weighted by molar-refractivity contribution is 7.80. The largest absolute Gasteiger partial charge is 0.436 e. The summed E-state index contributed by atoms with van der Waals surface area (Å²) in [6.45, 7) is 4.07. The van der Waals surface area contributed by atoms with Gasteiger partial charge < -0.3 is 9.73 Å². The number of aromatic nitrogens is 1. The van der Waals surface area contributed by atoms with Crippen molar-refractivity contribution in [2.24, 2.45) is 0 Å². The Labute approximate surface area is 194 Å². The number of hydrogen-bond acceptors (Lipinski definition) is 4. The molecule has 0 spiro atoms. The van der Waals surface area contributed by atoms with Gasteiger partial charge in [0.05, 0.1) is 10.0 Å². The van der Waals surface area contributed by atoms with Gasteiger partial charge >= 0.3 is 0 Å². The summed E-state index contributed by atoms with van der Waals surface area (Å²) in [5.74, 6) is 0.158. The van der Waals surface area contributed by atoms with Crippen molar-refractivity contribution >= 4 is 63.2 Å². The van der Waals surface area contributed by atoms with Crippen LogP contribution >= 0.6 is 35.4 Å². The van der Waals surface area contributed by atoms with Crippen molar-refractivity contribution in [1.82, 2.24) is 10.3 Å². The van der Waals surface area contributed by atoms with E-state index in [0.29, 0.717) is 38.3 Å². The molecule has 0 saturated heterocycles. The first-order chi connectivity index (χ1) is 14.8. The topological polar surface area (TPSA) is 67.2 Å². The standard InChI is InChI=1S/C23H17Cl2N3O2S/c1-12-7-13(2)9-15(8-12)22-27-19-11-16(4-6-20(19)30-22)26-23(31)28-21(29)14-3-5-17(24)18(25)10-14/h3-11H,1-2H3,(H2,26,28,29,31). The SMILES string of the molecule is Cc1cc(C)cc(-c2nc3cc(NC(=S)NC(=O)c4ccc(Cl)c(Cl)c4)ccc3o2)c1. The average molecular weight is 470 g/mol. The van der Waals surface area contributed by atoms with Crippen LogP contribution in [-0.2, 0) is 0 Å². The Hall–Kier alpha value is -2.93. The number of nitrogens with zero attached hydrogens (tertiary/aromatic N) is 1. The molecule has 0 aliphatic carbocycles. The minimum absolute atomic E-state index is 0.147. The number of fused-ring (bicyclic) bond motifs is 1. The molecular formula is C23H17Cl2N3O2S. The number of benzene rings is 3. The van der Waals surface area contributed by atoms with E-state index >= 15 is 0 Å².